The van der Waals surface area contributed by atoms with Crippen molar-refractivity contribution in [3.63, 3.8) is 0 Å². The minimum Gasteiger partial charge on any atom is -0.466 e. The number of anilines is 1. The smallest absolute Gasteiger partial charge is 0.146 e. The zero-order valence-corrected chi connectivity index (χ0v) is 18.2. The van der Waals surface area contributed by atoms with Crippen LogP contribution in [0.3, 0.4) is 0 Å². The van der Waals surface area contributed by atoms with Gasteiger partial charge in [0.05, 0.1) is 5.69 Å². The van der Waals surface area contributed by atoms with E-state index < -0.39 is 6.10 Å². The van der Waals surface area contributed by atoms with Crippen molar-refractivity contribution in [2.45, 2.75) is 32.3 Å². The highest BCUT2D eigenvalue weighted by Gasteiger charge is 2.25. The Labute approximate surface area is 183 Å². The number of furan rings is 1. The standard InChI is InChI=1S/C25H30FN3O2/c1-18(23-9-8-19(2)31-23)10-12-28-13-15-29(16-14-28)24-21(6-3-7-22(24)26)25(30)20-5-4-11-27-17-20/h3-9,11,17-18,25,30H,10,12-16H2,1-2H3/t18-,25-/m0/s1. The number of aliphatic hydroxyl groups is 1. The second-order valence-electron chi connectivity index (χ2n) is 8.33. The topological polar surface area (TPSA) is 52.7 Å². The van der Waals surface area contributed by atoms with Gasteiger partial charge in [0.15, 0.2) is 0 Å². The van der Waals surface area contributed by atoms with Crippen LogP contribution in [0.2, 0.25) is 0 Å². The number of piperazine rings is 1. The van der Waals surface area contributed by atoms with Gasteiger partial charge in [0.2, 0.25) is 0 Å². The molecule has 3 aromatic rings. The Morgan fingerprint density at radius 2 is 1.90 bits per heavy atom. The molecule has 1 saturated heterocycles. The fraction of sp³-hybridized carbons (Fsp3) is 0.400. The van der Waals surface area contributed by atoms with Crippen LogP contribution in [0.15, 0.2) is 59.3 Å². The first-order valence-electron chi connectivity index (χ1n) is 10.9. The van der Waals surface area contributed by atoms with Crippen molar-refractivity contribution < 1.29 is 13.9 Å². The number of pyridine rings is 1. The molecule has 2 aromatic heterocycles. The second-order valence-corrected chi connectivity index (χ2v) is 8.33. The van der Waals surface area contributed by atoms with Crippen LogP contribution < -0.4 is 4.90 Å². The van der Waals surface area contributed by atoms with E-state index in [1.807, 2.05) is 19.1 Å². The number of aryl methyl sites for hydroxylation is 1. The number of hydrogen-bond donors (Lipinski definition) is 1. The van der Waals surface area contributed by atoms with E-state index in [2.05, 4.69) is 27.8 Å². The van der Waals surface area contributed by atoms with Crippen LogP contribution in [0.1, 0.15) is 48.0 Å². The monoisotopic (exact) mass is 423 g/mol. The summed E-state index contributed by atoms with van der Waals surface area (Å²) in [4.78, 5) is 8.56. The third-order valence-electron chi connectivity index (χ3n) is 6.13. The number of rotatable bonds is 7. The van der Waals surface area contributed by atoms with Gasteiger partial charge in [-0.05, 0) is 44.2 Å². The van der Waals surface area contributed by atoms with Crippen LogP contribution in [0.25, 0.3) is 0 Å². The Balaban J connectivity index is 1.40. The third-order valence-corrected chi connectivity index (χ3v) is 6.13. The fourth-order valence-corrected chi connectivity index (χ4v) is 4.24. The molecule has 1 N–H and O–H groups in total. The summed E-state index contributed by atoms with van der Waals surface area (Å²) in [7, 11) is 0. The van der Waals surface area contributed by atoms with Gasteiger partial charge in [-0.25, -0.2) is 4.39 Å². The Hall–Kier alpha value is -2.70. The number of benzene rings is 1. The third kappa shape index (κ3) is 4.97. The summed E-state index contributed by atoms with van der Waals surface area (Å²) in [6.07, 6.45) is 3.40. The van der Waals surface area contributed by atoms with Crippen molar-refractivity contribution in [2.75, 3.05) is 37.6 Å². The molecule has 0 radical (unpaired) electrons. The van der Waals surface area contributed by atoms with Crippen molar-refractivity contribution >= 4 is 5.69 Å². The Morgan fingerprint density at radius 3 is 2.58 bits per heavy atom. The lowest BCUT2D eigenvalue weighted by Gasteiger charge is -2.37. The van der Waals surface area contributed by atoms with E-state index >= 15 is 0 Å². The first-order chi connectivity index (χ1) is 15.0. The molecule has 0 saturated carbocycles. The average Bonchev–Trinajstić information content (AvgIpc) is 3.24. The maximum absolute atomic E-state index is 14.9. The number of halogens is 1. The summed E-state index contributed by atoms with van der Waals surface area (Å²) >= 11 is 0. The molecule has 1 aliphatic rings. The van der Waals surface area contributed by atoms with E-state index in [1.54, 1.807) is 30.6 Å². The molecule has 0 spiro atoms. The molecule has 0 bridgehead atoms. The summed E-state index contributed by atoms with van der Waals surface area (Å²) in [6.45, 7) is 8.32. The van der Waals surface area contributed by atoms with Crippen molar-refractivity contribution in [3.05, 3.63) is 83.3 Å². The number of para-hydroxylation sites is 1. The molecule has 0 amide bonds. The van der Waals surface area contributed by atoms with Gasteiger partial charge < -0.3 is 14.4 Å². The van der Waals surface area contributed by atoms with Gasteiger partial charge in [-0.2, -0.15) is 0 Å². The molecular formula is C25H30FN3O2. The maximum atomic E-state index is 14.9. The van der Waals surface area contributed by atoms with E-state index in [-0.39, 0.29) is 5.82 Å². The highest BCUT2D eigenvalue weighted by molar-refractivity contribution is 5.58. The van der Waals surface area contributed by atoms with Gasteiger partial charge in [-0.3, -0.25) is 9.88 Å². The van der Waals surface area contributed by atoms with E-state index in [1.165, 1.54) is 6.07 Å². The average molecular weight is 424 g/mol. The molecule has 4 rings (SSSR count). The second kappa shape index (κ2) is 9.62. The zero-order chi connectivity index (χ0) is 21.8. The van der Waals surface area contributed by atoms with Crippen molar-refractivity contribution in [1.29, 1.82) is 0 Å². The van der Waals surface area contributed by atoms with Gasteiger partial charge in [0.1, 0.15) is 23.4 Å². The van der Waals surface area contributed by atoms with Crippen LogP contribution in [0, 0.1) is 12.7 Å². The van der Waals surface area contributed by atoms with Crippen LogP contribution in [-0.2, 0) is 0 Å². The van der Waals surface area contributed by atoms with Crippen molar-refractivity contribution in [3.8, 4) is 0 Å². The molecule has 0 unspecified atom stereocenters. The fourth-order valence-electron chi connectivity index (χ4n) is 4.24. The zero-order valence-electron chi connectivity index (χ0n) is 18.2. The van der Waals surface area contributed by atoms with Gasteiger partial charge in [-0.1, -0.05) is 25.1 Å². The maximum Gasteiger partial charge on any atom is 0.146 e. The number of nitrogens with zero attached hydrogens (tertiary/aromatic N) is 3. The molecule has 31 heavy (non-hydrogen) atoms. The van der Waals surface area contributed by atoms with Gasteiger partial charge in [-0.15, -0.1) is 0 Å². The molecule has 6 heteroatoms. The largest absolute Gasteiger partial charge is 0.466 e. The highest BCUT2D eigenvalue weighted by atomic mass is 19.1. The molecule has 1 aliphatic heterocycles. The summed E-state index contributed by atoms with van der Waals surface area (Å²) in [5, 5.41) is 10.9. The minimum absolute atomic E-state index is 0.296. The Morgan fingerprint density at radius 1 is 1.10 bits per heavy atom. The summed E-state index contributed by atoms with van der Waals surface area (Å²) in [5.41, 5.74) is 1.75. The lowest BCUT2D eigenvalue weighted by Crippen LogP contribution is -2.47. The van der Waals surface area contributed by atoms with Crippen molar-refractivity contribution in [1.82, 2.24) is 9.88 Å². The van der Waals surface area contributed by atoms with Gasteiger partial charge >= 0.3 is 0 Å². The first kappa shape index (κ1) is 21.5. The number of hydrogen-bond acceptors (Lipinski definition) is 5. The Kier molecular flexibility index (Phi) is 6.68. The molecule has 1 fully saturated rings. The predicted molar refractivity (Wildman–Crippen MR) is 120 cm³/mol. The van der Waals surface area contributed by atoms with Gasteiger partial charge in [0.25, 0.3) is 0 Å². The van der Waals surface area contributed by atoms with Crippen molar-refractivity contribution in [2.24, 2.45) is 0 Å². The van der Waals surface area contributed by atoms with Gasteiger partial charge in [0, 0.05) is 55.6 Å². The molecule has 2 atom stereocenters. The summed E-state index contributed by atoms with van der Waals surface area (Å²) in [6, 6.07) is 12.6. The minimum atomic E-state index is -0.907. The lowest BCUT2D eigenvalue weighted by atomic mass is 9.99. The molecular weight excluding hydrogens is 393 g/mol. The summed E-state index contributed by atoms with van der Waals surface area (Å²) < 4.78 is 20.6. The van der Waals surface area contributed by atoms with Crippen LogP contribution in [-0.4, -0.2) is 47.7 Å². The molecule has 0 aliphatic carbocycles. The van der Waals surface area contributed by atoms with Crippen LogP contribution in [0.4, 0.5) is 10.1 Å². The number of aromatic nitrogens is 1. The SMILES string of the molecule is Cc1ccc([C@@H](C)CCN2CCN(c3c(F)cccc3[C@@H](O)c3cccnc3)CC2)o1. The first-order valence-corrected chi connectivity index (χ1v) is 10.9. The van der Waals surface area contributed by atoms with Crippen LogP contribution >= 0.6 is 0 Å². The molecule has 164 valence electrons. The predicted octanol–water partition coefficient (Wildman–Crippen LogP) is 4.52. The quantitative estimate of drug-likeness (QED) is 0.606. The normalized spacial score (nSPS) is 17.0. The Bertz CT molecular complexity index is 983. The van der Waals surface area contributed by atoms with E-state index in [0.29, 0.717) is 22.7 Å². The van der Waals surface area contributed by atoms with E-state index in [0.717, 1.165) is 50.7 Å². The molecule has 1 aromatic carbocycles. The van der Waals surface area contributed by atoms with E-state index in [4.69, 9.17) is 4.42 Å². The molecule has 3 heterocycles. The van der Waals surface area contributed by atoms with Crippen LogP contribution in [0.5, 0.6) is 0 Å². The number of aliphatic hydroxyl groups excluding tert-OH is 1. The highest BCUT2D eigenvalue weighted by Crippen LogP contribution is 2.33. The lowest BCUT2D eigenvalue weighted by molar-refractivity contribution is 0.218. The summed E-state index contributed by atoms with van der Waals surface area (Å²) in [5.74, 6) is 2.07. The van der Waals surface area contributed by atoms with E-state index in [9.17, 15) is 9.50 Å². The molecule has 5 nitrogen and oxygen atoms in total.